The number of esters is 1. The third-order valence-corrected chi connectivity index (χ3v) is 4.26. The van der Waals surface area contributed by atoms with Gasteiger partial charge in [0.1, 0.15) is 11.4 Å². The molecule has 0 saturated carbocycles. The average Bonchev–Trinajstić information content (AvgIpc) is 3.38. The van der Waals surface area contributed by atoms with Crippen molar-refractivity contribution in [3.8, 4) is 28.7 Å². The minimum absolute atomic E-state index is 0.161. The average molecular weight is 359 g/mol. The van der Waals surface area contributed by atoms with Crippen LogP contribution in [0.3, 0.4) is 0 Å². The first kappa shape index (κ1) is 15.5. The Labute approximate surface area is 153 Å². The molecule has 5 rings (SSSR count). The van der Waals surface area contributed by atoms with Gasteiger partial charge in [-0.1, -0.05) is 18.2 Å². The van der Waals surface area contributed by atoms with E-state index in [1.165, 1.54) is 0 Å². The third kappa shape index (κ3) is 2.77. The number of benzene rings is 2. The molecule has 0 bridgehead atoms. The lowest BCUT2D eigenvalue weighted by Crippen LogP contribution is -2.10. The van der Waals surface area contributed by atoms with Crippen LogP contribution in [0.4, 0.5) is 0 Å². The van der Waals surface area contributed by atoms with Crippen LogP contribution in [0.5, 0.6) is 17.2 Å². The topological polar surface area (TPSA) is 70.8 Å². The molecule has 2 aromatic carbocycles. The van der Waals surface area contributed by atoms with Crippen LogP contribution in [0.2, 0.25) is 0 Å². The van der Waals surface area contributed by atoms with Gasteiger partial charge >= 0.3 is 5.97 Å². The summed E-state index contributed by atoms with van der Waals surface area (Å²) in [6, 6.07) is 17.7. The van der Waals surface area contributed by atoms with Crippen molar-refractivity contribution in [3.05, 3.63) is 72.5 Å². The Morgan fingerprint density at radius 1 is 0.963 bits per heavy atom. The van der Waals surface area contributed by atoms with Crippen LogP contribution in [0, 0.1) is 0 Å². The Morgan fingerprint density at radius 2 is 1.85 bits per heavy atom. The molecule has 3 heterocycles. The van der Waals surface area contributed by atoms with Gasteiger partial charge in [0.05, 0.1) is 17.3 Å². The number of fused-ring (bicyclic) bond motifs is 2. The molecule has 0 radical (unpaired) electrons. The number of carbonyl (C=O) groups is 1. The monoisotopic (exact) mass is 359 g/mol. The fourth-order valence-corrected chi connectivity index (χ4v) is 3.00. The zero-order chi connectivity index (χ0) is 18.2. The molecule has 1 aliphatic heterocycles. The highest BCUT2D eigenvalue weighted by molar-refractivity contribution is 6.05. The van der Waals surface area contributed by atoms with E-state index in [0.29, 0.717) is 45.2 Å². The second-order valence-corrected chi connectivity index (χ2v) is 5.95. The molecular formula is C21H13NO5. The van der Waals surface area contributed by atoms with E-state index >= 15 is 0 Å². The predicted molar refractivity (Wildman–Crippen MR) is 97.0 cm³/mol. The molecule has 0 amide bonds. The van der Waals surface area contributed by atoms with E-state index in [1.807, 2.05) is 24.3 Å². The van der Waals surface area contributed by atoms with E-state index in [2.05, 4.69) is 4.98 Å². The summed E-state index contributed by atoms with van der Waals surface area (Å²) >= 11 is 0. The van der Waals surface area contributed by atoms with Gasteiger partial charge in [-0.2, -0.15) is 0 Å². The number of nitrogens with zero attached hydrogens (tertiary/aromatic N) is 1. The first-order valence-corrected chi connectivity index (χ1v) is 8.33. The number of aromatic nitrogens is 1. The van der Waals surface area contributed by atoms with Crippen molar-refractivity contribution in [2.24, 2.45) is 0 Å². The molecule has 2 aromatic heterocycles. The molecule has 0 fully saturated rings. The molecule has 0 unspecified atom stereocenters. The summed E-state index contributed by atoms with van der Waals surface area (Å²) in [5.41, 5.74) is 1.66. The molecule has 6 nitrogen and oxygen atoms in total. The fourth-order valence-electron chi connectivity index (χ4n) is 3.00. The summed E-state index contributed by atoms with van der Waals surface area (Å²) in [6.45, 7) is 0.161. The first-order valence-electron chi connectivity index (χ1n) is 8.33. The molecule has 0 atom stereocenters. The van der Waals surface area contributed by atoms with Gasteiger partial charge in [-0.3, -0.25) is 0 Å². The molecule has 0 N–H and O–H groups in total. The van der Waals surface area contributed by atoms with E-state index in [0.717, 1.165) is 0 Å². The van der Waals surface area contributed by atoms with Gasteiger partial charge in [0.25, 0.3) is 0 Å². The van der Waals surface area contributed by atoms with E-state index in [1.54, 1.807) is 42.7 Å². The maximum atomic E-state index is 12.9. The standard InChI is InChI=1S/C21H13NO5/c23-21(27-13-7-8-19-20(10-13)26-12-25-19)15-11-17(18-6-3-9-24-18)22-16-5-2-1-4-14(15)16/h1-11H,12H2. The summed E-state index contributed by atoms with van der Waals surface area (Å²) in [4.78, 5) is 17.5. The number of hydrogen-bond acceptors (Lipinski definition) is 6. The second-order valence-electron chi connectivity index (χ2n) is 5.95. The van der Waals surface area contributed by atoms with Crippen LogP contribution in [0.15, 0.2) is 71.3 Å². The second kappa shape index (κ2) is 6.17. The summed E-state index contributed by atoms with van der Waals surface area (Å²) in [6.07, 6.45) is 1.57. The minimum Gasteiger partial charge on any atom is -0.463 e. The van der Waals surface area contributed by atoms with Crippen molar-refractivity contribution in [2.45, 2.75) is 0 Å². The van der Waals surface area contributed by atoms with Crippen molar-refractivity contribution >= 4 is 16.9 Å². The summed E-state index contributed by atoms with van der Waals surface area (Å²) in [5.74, 6) is 1.66. The number of furan rings is 1. The number of ether oxygens (including phenoxy) is 3. The van der Waals surface area contributed by atoms with E-state index in [9.17, 15) is 4.79 Å². The van der Waals surface area contributed by atoms with E-state index in [-0.39, 0.29) is 6.79 Å². The summed E-state index contributed by atoms with van der Waals surface area (Å²) in [7, 11) is 0. The normalized spacial score (nSPS) is 12.3. The van der Waals surface area contributed by atoms with Crippen LogP contribution in [0.1, 0.15) is 10.4 Å². The number of pyridine rings is 1. The van der Waals surface area contributed by atoms with Crippen LogP contribution in [-0.4, -0.2) is 17.7 Å². The van der Waals surface area contributed by atoms with Crippen LogP contribution in [-0.2, 0) is 0 Å². The lowest BCUT2D eigenvalue weighted by molar-refractivity contribution is 0.0736. The highest BCUT2D eigenvalue weighted by Crippen LogP contribution is 2.35. The zero-order valence-corrected chi connectivity index (χ0v) is 14.0. The van der Waals surface area contributed by atoms with Gasteiger partial charge in [0.2, 0.25) is 6.79 Å². The molecule has 27 heavy (non-hydrogen) atoms. The molecule has 6 heteroatoms. The fraction of sp³-hybridized carbons (Fsp3) is 0.0476. The number of hydrogen-bond donors (Lipinski definition) is 0. The van der Waals surface area contributed by atoms with Gasteiger partial charge < -0.3 is 18.6 Å². The number of para-hydroxylation sites is 1. The highest BCUT2D eigenvalue weighted by Gasteiger charge is 2.19. The Kier molecular flexibility index (Phi) is 3.53. The maximum Gasteiger partial charge on any atom is 0.344 e. The van der Waals surface area contributed by atoms with Crippen molar-refractivity contribution < 1.29 is 23.4 Å². The lowest BCUT2D eigenvalue weighted by Gasteiger charge is -2.09. The largest absolute Gasteiger partial charge is 0.463 e. The zero-order valence-electron chi connectivity index (χ0n) is 14.0. The Morgan fingerprint density at radius 3 is 2.74 bits per heavy atom. The Balaban J connectivity index is 1.56. The first-order chi connectivity index (χ1) is 13.3. The summed E-state index contributed by atoms with van der Waals surface area (Å²) < 4.78 is 21.6. The van der Waals surface area contributed by atoms with Crippen molar-refractivity contribution in [3.63, 3.8) is 0 Å². The highest BCUT2D eigenvalue weighted by atomic mass is 16.7. The van der Waals surface area contributed by atoms with Crippen LogP contribution in [0.25, 0.3) is 22.4 Å². The maximum absolute atomic E-state index is 12.9. The Hall–Kier alpha value is -3.80. The Bertz CT molecular complexity index is 1150. The molecule has 0 aliphatic carbocycles. The van der Waals surface area contributed by atoms with Gasteiger partial charge in [-0.15, -0.1) is 0 Å². The third-order valence-electron chi connectivity index (χ3n) is 4.26. The van der Waals surface area contributed by atoms with Crippen molar-refractivity contribution in [1.82, 2.24) is 4.98 Å². The van der Waals surface area contributed by atoms with Crippen molar-refractivity contribution in [1.29, 1.82) is 0 Å². The molecule has 4 aromatic rings. The van der Waals surface area contributed by atoms with E-state index < -0.39 is 5.97 Å². The van der Waals surface area contributed by atoms with Gasteiger partial charge in [-0.05, 0) is 36.4 Å². The molecule has 132 valence electrons. The minimum atomic E-state index is -0.486. The molecule has 0 spiro atoms. The van der Waals surface area contributed by atoms with Crippen molar-refractivity contribution in [2.75, 3.05) is 6.79 Å². The molecular weight excluding hydrogens is 346 g/mol. The van der Waals surface area contributed by atoms with Crippen LogP contribution < -0.4 is 14.2 Å². The molecule has 1 aliphatic rings. The quantitative estimate of drug-likeness (QED) is 0.398. The summed E-state index contributed by atoms with van der Waals surface area (Å²) in [5, 5.41) is 0.707. The van der Waals surface area contributed by atoms with Crippen LogP contribution >= 0.6 is 0 Å². The van der Waals surface area contributed by atoms with E-state index in [4.69, 9.17) is 18.6 Å². The van der Waals surface area contributed by atoms with Gasteiger partial charge in [0, 0.05) is 11.5 Å². The van der Waals surface area contributed by atoms with Gasteiger partial charge in [0.15, 0.2) is 17.3 Å². The number of carbonyl (C=O) groups excluding carboxylic acids is 1. The smallest absolute Gasteiger partial charge is 0.344 e. The SMILES string of the molecule is O=C(Oc1ccc2c(c1)OCO2)c1cc(-c2ccco2)nc2ccccc12. The predicted octanol–water partition coefficient (Wildman–Crippen LogP) is 4.44. The lowest BCUT2D eigenvalue weighted by atomic mass is 10.1. The number of rotatable bonds is 3. The molecule has 0 saturated heterocycles. The van der Waals surface area contributed by atoms with Gasteiger partial charge in [-0.25, -0.2) is 9.78 Å².